The topological polar surface area (TPSA) is 51.2 Å². The summed E-state index contributed by atoms with van der Waals surface area (Å²) >= 11 is 0. The predicted molar refractivity (Wildman–Crippen MR) is 166 cm³/mol. The monoisotopic (exact) mass is 543 g/mol. The number of hydrogen-bond acceptors (Lipinski definition) is 5. The van der Waals surface area contributed by atoms with E-state index in [0.717, 1.165) is 75.8 Å². The fourth-order valence-corrected chi connectivity index (χ4v) is 4.48. The standard InChI is InChI=1S/C28H41NO4.C4H10.C2H6/c1-4-6-8-9-10-23(3)21-32-24-12-13-25-26(20-24)33-22-28(25)14-16-29(17-15-28)18-19-31-27(30)11-7-5-2;1-4(2)3;1-2/h4,6,8-10,12-13,20,27,30H,5,7,11,14-19,21-22H2,1-3H3;4H,1-3H3;1-2H3/b6-4-,9-8-,23-10+;;. The molecule has 3 rings (SSSR count). The lowest BCUT2D eigenvalue weighted by Crippen LogP contribution is -2.44. The number of nitrogens with zero attached hydrogens (tertiary/aromatic N) is 1. The van der Waals surface area contributed by atoms with E-state index in [1.807, 2.05) is 51.1 Å². The van der Waals surface area contributed by atoms with Crippen molar-refractivity contribution in [1.82, 2.24) is 4.90 Å². The second-order valence-corrected chi connectivity index (χ2v) is 11.0. The van der Waals surface area contributed by atoms with Crippen molar-refractivity contribution in [3.05, 3.63) is 59.7 Å². The van der Waals surface area contributed by atoms with Gasteiger partial charge in [-0.3, -0.25) is 0 Å². The Labute approximate surface area is 239 Å². The highest BCUT2D eigenvalue weighted by Crippen LogP contribution is 2.46. The van der Waals surface area contributed by atoms with Crippen molar-refractivity contribution < 1.29 is 19.3 Å². The van der Waals surface area contributed by atoms with E-state index in [2.05, 4.69) is 57.7 Å². The Kier molecular flexibility index (Phi) is 17.8. The summed E-state index contributed by atoms with van der Waals surface area (Å²) < 4.78 is 17.7. The third kappa shape index (κ3) is 13.2. The first-order valence-corrected chi connectivity index (χ1v) is 15.2. The van der Waals surface area contributed by atoms with Crippen LogP contribution in [0, 0.1) is 5.92 Å². The lowest BCUT2D eigenvalue weighted by Gasteiger charge is -2.38. The van der Waals surface area contributed by atoms with Gasteiger partial charge in [-0.15, -0.1) is 0 Å². The molecule has 5 heteroatoms. The molecule has 5 nitrogen and oxygen atoms in total. The van der Waals surface area contributed by atoms with Crippen LogP contribution in [0.25, 0.3) is 0 Å². The number of allylic oxidation sites excluding steroid dienone is 5. The molecule has 1 atom stereocenters. The molecular weight excluding hydrogens is 486 g/mol. The molecule has 0 radical (unpaired) electrons. The fourth-order valence-electron chi connectivity index (χ4n) is 4.48. The van der Waals surface area contributed by atoms with Gasteiger partial charge in [0.15, 0.2) is 6.29 Å². The highest BCUT2D eigenvalue weighted by atomic mass is 16.6. The molecule has 0 bridgehead atoms. The molecule has 2 aliphatic rings. The van der Waals surface area contributed by atoms with Gasteiger partial charge in [0.05, 0.1) is 13.2 Å². The number of hydrogen-bond donors (Lipinski definition) is 1. The summed E-state index contributed by atoms with van der Waals surface area (Å²) in [5.74, 6) is 2.66. The molecule has 1 fully saturated rings. The molecule has 2 heterocycles. The van der Waals surface area contributed by atoms with E-state index in [4.69, 9.17) is 14.2 Å². The molecule has 39 heavy (non-hydrogen) atoms. The highest BCUT2D eigenvalue weighted by Gasteiger charge is 2.43. The van der Waals surface area contributed by atoms with Gasteiger partial charge in [0.25, 0.3) is 0 Å². The normalized spacial score (nSPS) is 17.4. The van der Waals surface area contributed by atoms with E-state index < -0.39 is 6.29 Å². The molecule has 1 aromatic carbocycles. The van der Waals surface area contributed by atoms with Gasteiger partial charge in [0.1, 0.15) is 18.1 Å². The summed E-state index contributed by atoms with van der Waals surface area (Å²) in [4.78, 5) is 2.44. The van der Waals surface area contributed by atoms with Crippen LogP contribution in [0.5, 0.6) is 11.5 Å². The van der Waals surface area contributed by atoms with Gasteiger partial charge in [-0.1, -0.05) is 84.4 Å². The first-order valence-electron chi connectivity index (χ1n) is 15.2. The Morgan fingerprint density at radius 2 is 1.82 bits per heavy atom. The smallest absolute Gasteiger partial charge is 0.154 e. The van der Waals surface area contributed by atoms with Crippen LogP contribution < -0.4 is 9.47 Å². The van der Waals surface area contributed by atoms with Crippen molar-refractivity contribution >= 4 is 0 Å². The molecule has 0 saturated carbocycles. The maximum absolute atomic E-state index is 9.86. The summed E-state index contributed by atoms with van der Waals surface area (Å²) in [6.45, 7) is 21.5. The van der Waals surface area contributed by atoms with Crippen LogP contribution in [0.1, 0.15) is 93.1 Å². The Bertz CT molecular complexity index is 863. The molecule has 1 aromatic rings. The summed E-state index contributed by atoms with van der Waals surface area (Å²) in [5, 5.41) is 9.86. The number of unbranched alkanes of at least 4 members (excludes halogenated alkanes) is 1. The lowest BCUT2D eigenvalue weighted by molar-refractivity contribution is -0.108. The van der Waals surface area contributed by atoms with E-state index in [1.165, 1.54) is 11.1 Å². The molecule has 0 amide bonds. The van der Waals surface area contributed by atoms with Crippen molar-refractivity contribution in [3.8, 4) is 11.5 Å². The van der Waals surface area contributed by atoms with Crippen molar-refractivity contribution in [3.63, 3.8) is 0 Å². The summed E-state index contributed by atoms with van der Waals surface area (Å²) in [5.41, 5.74) is 2.60. The Morgan fingerprint density at radius 3 is 2.46 bits per heavy atom. The number of rotatable bonds is 12. The van der Waals surface area contributed by atoms with Crippen LogP contribution in [0.3, 0.4) is 0 Å². The minimum atomic E-state index is -0.624. The number of fused-ring (bicyclic) bond motifs is 2. The van der Waals surface area contributed by atoms with Crippen LogP contribution in [-0.4, -0.2) is 55.8 Å². The predicted octanol–water partition coefficient (Wildman–Crippen LogP) is 8.08. The molecule has 0 aliphatic carbocycles. The van der Waals surface area contributed by atoms with Gasteiger partial charge in [-0.25, -0.2) is 0 Å². The first-order chi connectivity index (χ1) is 18.8. The molecule has 2 aliphatic heterocycles. The first kappa shape index (κ1) is 34.9. The average Bonchev–Trinajstić information content (AvgIpc) is 3.28. The summed E-state index contributed by atoms with van der Waals surface area (Å²) in [6, 6.07) is 6.33. The maximum atomic E-state index is 9.86. The largest absolute Gasteiger partial charge is 0.492 e. The minimum Gasteiger partial charge on any atom is -0.492 e. The average molecular weight is 544 g/mol. The molecular formula is C34H57NO4. The van der Waals surface area contributed by atoms with Gasteiger partial charge < -0.3 is 24.2 Å². The number of aliphatic hydroxyl groups is 1. The third-order valence-electron chi connectivity index (χ3n) is 6.63. The number of ether oxygens (including phenoxy) is 3. The highest BCUT2D eigenvalue weighted by molar-refractivity contribution is 5.48. The van der Waals surface area contributed by atoms with Gasteiger partial charge in [0, 0.05) is 23.6 Å². The van der Waals surface area contributed by atoms with Gasteiger partial charge >= 0.3 is 0 Å². The van der Waals surface area contributed by atoms with Crippen LogP contribution in [0.4, 0.5) is 0 Å². The second-order valence-electron chi connectivity index (χ2n) is 11.0. The van der Waals surface area contributed by atoms with Crippen molar-refractivity contribution in [2.45, 2.75) is 99.2 Å². The Morgan fingerprint density at radius 1 is 1.13 bits per heavy atom. The zero-order valence-corrected chi connectivity index (χ0v) is 26.2. The summed E-state index contributed by atoms with van der Waals surface area (Å²) in [7, 11) is 0. The van der Waals surface area contributed by atoms with E-state index >= 15 is 0 Å². The number of piperidine rings is 1. The zero-order chi connectivity index (χ0) is 29.1. The van der Waals surface area contributed by atoms with Crippen LogP contribution in [0.2, 0.25) is 0 Å². The molecule has 222 valence electrons. The number of benzene rings is 1. The third-order valence-corrected chi connectivity index (χ3v) is 6.63. The van der Waals surface area contributed by atoms with Crippen LogP contribution in [0.15, 0.2) is 54.2 Å². The zero-order valence-electron chi connectivity index (χ0n) is 26.2. The van der Waals surface area contributed by atoms with Crippen molar-refractivity contribution in [1.29, 1.82) is 0 Å². The Balaban J connectivity index is 0.00000116. The summed E-state index contributed by atoms with van der Waals surface area (Å²) in [6.07, 6.45) is 14.5. The minimum absolute atomic E-state index is 0.110. The quantitative estimate of drug-likeness (QED) is 0.213. The van der Waals surface area contributed by atoms with Crippen LogP contribution >= 0.6 is 0 Å². The molecule has 1 spiro atoms. The lowest BCUT2D eigenvalue weighted by atomic mass is 9.74. The number of likely N-dealkylation sites (tertiary alicyclic amines) is 1. The fraction of sp³-hybridized carbons (Fsp3) is 0.647. The molecule has 1 unspecified atom stereocenters. The Hall–Kier alpha value is -2.08. The molecule has 1 N–H and O–H groups in total. The van der Waals surface area contributed by atoms with Gasteiger partial charge in [-0.05, 0) is 70.2 Å². The van der Waals surface area contributed by atoms with E-state index in [-0.39, 0.29) is 5.41 Å². The number of aliphatic hydroxyl groups excluding tert-OH is 1. The van der Waals surface area contributed by atoms with E-state index in [1.54, 1.807) is 0 Å². The van der Waals surface area contributed by atoms with Crippen molar-refractivity contribution in [2.24, 2.45) is 5.92 Å². The van der Waals surface area contributed by atoms with E-state index in [9.17, 15) is 5.11 Å². The van der Waals surface area contributed by atoms with Gasteiger partial charge in [-0.2, -0.15) is 0 Å². The van der Waals surface area contributed by atoms with Crippen molar-refractivity contribution in [2.75, 3.05) is 39.5 Å². The maximum Gasteiger partial charge on any atom is 0.154 e. The van der Waals surface area contributed by atoms with E-state index in [0.29, 0.717) is 13.2 Å². The molecule has 0 aromatic heterocycles. The van der Waals surface area contributed by atoms with Crippen LogP contribution in [-0.2, 0) is 10.2 Å². The second kappa shape index (κ2) is 19.9. The SMILES string of the molecule is CC.CC(C)C.C\C=C/C=C\C=C(/C)COc1ccc2c(c1)OCC21CCN(CCOC(O)CCCC)CC1. The van der Waals surface area contributed by atoms with Gasteiger partial charge in [0.2, 0.25) is 0 Å². The molecule has 1 saturated heterocycles.